The van der Waals surface area contributed by atoms with E-state index in [2.05, 4.69) is 15.3 Å². The van der Waals surface area contributed by atoms with Gasteiger partial charge >= 0.3 is 5.97 Å². The number of benzene rings is 1. The summed E-state index contributed by atoms with van der Waals surface area (Å²) in [6, 6.07) is 5.87. The van der Waals surface area contributed by atoms with Gasteiger partial charge in [-0.2, -0.15) is 0 Å². The monoisotopic (exact) mass is 432 g/mol. The number of thiophene rings is 1. The molecule has 8 nitrogen and oxygen atoms in total. The van der Waals surface area contributed by atoms with Gasteiger partial charge < -0.3 is 20.8 Å². The largest absolute Gasteiger partial charge is 0.462 e. The number of amides is 2. The number of anilines is 1. The molecule has 29 heavy (non-hydrogen) atoms. The molecule has 0 saturated carbocycles. The second kappa shape index (κ2) is 8.66. The van der Waals surface area contributed by atoms with Crippen LogP contribution in [-0.4, -0.2) is 40.1 Å². The lowest BCUT2D eigenvalue weighted by Gasteiger charge is -2.06. The van der Waals surface area contributed by atoms with Crippen LogP contribution in [-0.2, 0) is 9.53 Å². The van der Waals surface area contributed by atoms with E-state index in [4.69, 9.17) is 10.5 Å². The Hall–Kier alpha value is -2.85. The summed E-state index contributed by atoms with van der Waals surface area (Å²) in [6.07, 6.45) is 0. The summed E-state index contributed by atoms with van der Waals surface area (Å²) in [5.41, 5.74) is 8.76. The Bertz CT molecular complexity index is 1100. The zero-order chi connectivity index (χ0) is 21.1. The number of primary amides is 1. The number of imidazole rings is 1. The first-order valence-corrected chi connectivity index (χ1v) is 10.6. The fraction of sp³-hybridized carbons (Fsp3) is 0.263. The van der Waals surface area contributed by atoms with Crippen molar-refractivity contribution in [2.75, 3.05) is 17.7 Å². The summed E-state index contributed by atoms with van der Waals surface area (Å²) >= 11 is 2.20. The van der Waals surface area contributed by atoms with E-state index in [1.807, 2.05) is 25.1 Å². The Balaban J connectivity index is 1.74. The highest BCUT2D eigenvalue weighted by molar-refractivity contribution is 7.99. The predicted octanol–water partition coefficient (Wildman–Crippen LogP) is 3.25. The average molecular weight is 433 g/mol. The third-order valence-corrected chi connectivity index (χ3v) is 6.15. The number of carbonyl (C=O) groups is 3. The van der Waals surface area contributed by atoms with E-state index in [1.165, 1.54) is 11.8 Å². The van der Waals surface area contributed by atoms with Crippen LogP contribution in [0.25, 0.3) is 11.0 Å². The molecule has 0 atom stereocenters. The molecule has 0 bridgehead atoms. The number of thioether (sulfide) groups is 1. The number of hydrogen-bond acceptors (Lipinski definition) is 7. The van der Waals surface area contributed by atoms with Gasteiger partial charge in [0.2, 0.25) is 5.91 Å². The van der Waals surface area contributed by atoms with Gasteiger partial charge in [0.15, 0.2) is 5.16 Å². The number of H-pyrrole nitrogens is 1. The van der Waals surface area contributed by atoms with Crippen molar-refractivity contribution in [2.45, 2.75) is 25.9 Å². The Morgan fingerprint density at radius 3 is 2.76 bits per heavy atom. The molecule has 0 saturated heterocycles. The Labute approximate surface area is 175 Å². The molecule has 0 aliphatic carbocycles. The first kappa shape index (κ1) is 20.9. The van der Waals surface area contributed by atoms with Crippen molar-refractivity contribution in [3.8, 4) is 0 Å². The van der Waals surface area contributed by atoms with E-state index in [1.54, 1.807) is 13.8 Å². The van der Waals surface area contributed by atoms with Gasteiger partial charge in [-0.15, -0.1) is 11.3 Å². The molecule has 3 rings (SSSR count). The molecule has 0 unspecified atom stereocenters. The van der Waals surface area contributed by atoms with Crippen molar-refractivity contribution in [3.63, 3.8) is 0 Å². The summed E-state index contributed by atoms with van der Waals surface area (Å²) in [5, 5.41) is 3.56. The molecule has 0 radical (unpaired) electrons. The number of nitrogens with two attached hydrogens (primary N) is 1. The number of rotatable bonds is 7. The minimum absolute atomic E-state index is 0.0733. The number of esters is 1. The Morgan fingerprint density at radius 1 is 1.31 bits per heavy atom. The molecule has 152 valence electrons. The van der Waals surface area contributed by atoms with E-state index >= 15 is 0 Å². The Kier molecular flexibility index (Phi) is 6.23. The molecule has 10 heteroatoms. The SMILES string of the molecule is CCOC(=O)c1c(NC(=O)CSc2nc3ccc(C)cc3[nH]2)sc(C(N)=O)c1C. The van der Waals surface area contributed by atoms with E-state index in [9.17, 15) is 14.4 Å². The van der Waals surface area contributed by atoms with Crippen LogP contribution in [0.2, 0.25) is 0 Å². The molecule has 0 aliphatic heterocycles. The van der Waals surface area contributed by atoms with Crippen LogP contribution in [0.15, 0.2) is 23.4 Å². The number of nitrogens with zero attached hydrogens (tertiary/aromatic N) is 1. The number of aromatic amines is 1. The van der Waals surface area contributed by atoms with Gasteiger partial charge in [0.05, 0.1) is 33.8 Å². The molecule has 0 spiro atoms. The summed E-state index contributed by atoms with van der Waals surface area (Å²) < 4.78 is 5.04. The second-order valence-corrected chi connectivity index (χ2v) is 8.23. The standard InChI is InChI=1S/C19H20N4O4S2/c1-4-27-18(26)14-10(3)15(16(20)25)29-17(14)23-13(24)8-28-19-21-11-6-5-9(2)7-12(11)22-19/h5-7H,4,8H2,1-3H3,(H2,20,25)(H,21,22)(H,23,24). The Morgan fingerprint density at radius 2 is 2.07 bits per heavy atom. The van der Waals surface area contributed by atoms with Crippen LogP contribution < -0.4 is 11.1 Å². The number of fused-ring (bicyclic) bond motifs is 1. The van der Waals surface area contributed by atoms with Gasteiger partial charge in [-0.05, 0) is 44.0 Å². The van der Waals surface area contributed by atoms with Gasteiger partial charge in [-0.25, -0.2) is 9.78 Å². The zero-order valence-electron chi connectivity index (χ0n) is 16.1. The van der Waals surface area contributed by atoms with Crippen molar-refractivity contribution in [3.05, 3.63) is 39.8 Å². The van der Waals surface area contributed by atoms with Gasteiger partial charge in [-0.1, -0.05) is 17.8 Å². The number of nitrogens with one attached hydrogen (secondary N) is 2. The summed E-state index contributed by atoms with van der Waals surface area (Å²) in [6.45, 7) is 5.45. The highest BCUT2D eigenvalue weighted by atomic mass is 32.2. The fourth-order valence-electron chi connectivity index (χ4n) is 2.75. The number of ether oxygens (including phenoxy) is 1. The maximum absolute atomic E-state index is 12.4. The summed E-state index contributed by atoms with van der Waals surface area (Å²) in [7, 11) is 0. The van der Waals surface area contributed by atoms with E-state index in [0.717, 1.165) is 27.9 Å². The minimum Gasteiger partial charge on any atom is -0.462 e. The minimum atomic E-state index is -0.662. The number of hydrogen-bond donors (Lipinski definition) is 3. The maximum atomic E-state index is 12.4. The van der Waals surface area contributed by atoms with Crippen LogP contribution in [0.3, 0.4) is 0 Å². The summed E-state index contributed by atoms with van der Waals surface area (Å²) in [5.74, 6) is -1.53. The third-order valence-electron chi connectivity index (χ3n) is 4.06. The van der Waals surface area contributed by atoms with E-state index < -0.39 is 11.9 Å². The number of carbonyl (C=O) groups excluding carboxylic acids is 3. The molecule has 0 fully saturated rings. The highest BCUT2D eigenvalue weighted by Gasteiger charge is 2.25. The normalized spacial score (nSPS) is 10.9. The van der Waals surface area contributed by atoms with Gasteiger partial charge in [0.1, 0.15) is 5.00 Å². The first-order chi connectivity index (χ1) is 13.8. The highest BCUT2D eigenvalue weighted by Crippen LogP contribution is 2.33. The lowest BCUT2D eigenvalue weighted by atomic mass is 10.1. The molecule has 1 aromatic carbocycles. The van der Waals surface area contributed by atoms with Gasteiger partial charge in [-0.3, -0.25) is 9.59 Å². The second-order valence-electron chi connectivity index (χ2n) is 6.24. The quantitative estimate of drug-likeness (QED) is 0.388. The zero-order valence-corrected chi connectivity index (χ0v) is 17.8. The van der Waals surface area contributed by atoms with Crippen molar-refractivity contribution >= 4 is 56.9 Å². The molecule has 2 amide bonds. The van der Waals surface area contributed by atoms with Crippen LogP contribution in [0.4, 0.5) is 5.00 Å². The lowest BCUT2D eigenvalue weighted by Crippen LogP contribution is -2.16. The lowest BCUT2D eigenvalue weighted by molar-refractivity contribution is -0.113. The van der Waals surface area contributed by atoms with Crippen LogP contribution in [0.1, 0.15) is 38.1 Å². The van der Waals surface area contributed by atoms with Gasteiger partial charge in [0.25, 0.3) is 5.91 Å². The van der Waals surface area contributed by atoms with Gasteiger partial charge in [0, 0.05) is 0 Å². The van der Waals surface area contributed by atoms with Crippen LogP contribution in [0.5, 0.6) is 0 Å². The molecule has 0 aliphatic rings. The van der Waals surface area contributed by atoms with Crippen LogP contribution >= 0.6 is 23.1 Å². The van der Waals surface area contributed by atoms with Crippen molar-refractivity contribution < 1.29 is 19.1 Å². The van der Waals surface area contributed by atoms with E-state index in [-0.39, 0.29) is 33.7 Å². The predicted molar refractivity (Wildman–Crippen MR) is 114 cm³/mol. The van der Waals surface area contributed by atoms with Crippen LogP contribution in [0, 0.1) is 13.8 Å². The third kappa shape index (κ3) is 4.60. The molecular weight excluding hydrogens is 412 g/mol. The first-order valence-electron chi connectivity index (χ1n) is 8.79. The maximum Gasteiger partial charge on any atom is 0.341 e. The fourth-order valence-corrected chi connectivity index (χ4v) is 4.50. The molecule has 2 aromatic heterocycles. The van der Waals surface area contributed by atoms with Crippen molar-refractivity contribution in [1.29, 1.82) is 0 Å². The average Bonchev–Trinajstić information content (AvgIpc) is 3.20. The number of aromatic nitrogens is 2. The summed E-state index contributed by atoms with van der Waals surface area (Å²) in [4.78, 5) is 44.2. The topological polar surface area (TPSA) is 127 Å². The smallest absolute Gasteiger partial charge is 0.341 e. The molecular formula is C19H20N4O4S2. The molecule has 4 N–H and O–H groups in total. The molecule has 3 aromatic rings. The van der Waals surface area contributed by atoms with E-state index in [0.29, 0.717) is 10.7 Å². The molecule has 2 heterocycles. The number of aryl methyl sites for hydroxylation is 1. The van der Waals surface area contributed by atoms with Crippen molar-refractivity contribution in [1.82, 2.24) is 9.97 Å². The van der Waals surface area contributed by atoms with Crippen molar-refractivity contribution in [2.24, 2.45) is 5.73 Å².